The molecule has 3 rings (SSSR count). The van der Waals surface area contributed by atoms with E-state index in [0.29, 0.717) is 25.1 Å². The van der Waals surface area contributed by atoms with E-state index in [1.165, 1.54) is 11.2 Å². The van der Waals surface area contributed by atoms with Gasteiger partial charge in [-0.3, -0.25) is 14.4 Å². The van der Waals surface area contributed by atoms with Crippen LogP contribution >= 0.6 is 0 Å². The van der Waals surface area contributed by atoms with Crippen molar-refractivity contribution >= 4 is 23.8 Å². The maximum absolute atomic E-state index is 13.0. The molecule has 1 aromatic rings. The number of rotatable bonds is 6. The van der Waals surface area contributed by atoms with Crippen molar-refractivity contribution in [2.45, 2.75) is 37.4 Å². The van der Waals surface area contributed by atoms with E-state index in [1.807, 2.05) is 0 Å². The van der Waals surface area contributed by atoms with Crippen molar-refractivity contribution in [3.63, 3.8) is 0 Å². The first-order valence-corrected chi connectivity index (χ1v) is 8.26. The molecule has 0 aliphatic carbocycles. The van der Waals surface area contributed by atoms with Gasteiger partial charge in [-0.05, 0) is 12.8 Å². The SMILES string of the molecule is NC(=O)[C@@H]1CCCN1C(=O)[C@H](Cc1cnc[nH]1)NC(=O)C1COC(=O)N1. The molecule has 2 fully saturated rings. The van der Waals surface area contributed by atoms with Gasteiger partial charge in [-0.15, -0.1) is 0 Å². The summed E-state index contributed by atoms with van der Waals surface area (Å²) in [5, 5.41) is 4.99. The molecule has 11 heteroatoms. The highest BCUT2D eigenvalue weighted by atomic mass is 16.6. The van der Waals surface area contributed by atoms with Gasteiger partial charge in [0.05, 0.1) is 6.33 Å². The minimum Gasteiger partial charge on any atom is -0.447 e. The number of carbonyl (C=O) groups excluding carboxylic acids is 4. The number of ether oxygens (including phenoxy) is 1. The van der Waals surface area contributed by atoms with E-state index >= 15 is 0 Å². The minimum absolute atomic E-state index is 0.108. The molecule has 1 unspecified atom stereocenters. The summed E-state index contributed by atoms with van der Waals surface area (Å²) in [5.74, 6) is -1.51. The Balaban J connectivity index is 1.74. The van der Waals surface area contributed by atoms with E-state index in [9.17, 15) is 19.2 Å². The summed E-state index contributed by atoms with van der Waals surface area (Å²) in [7, 11) is 0. The van der Waals surface area contributed by atoms with Gasteiger partial charge < -0.3 is 31.0 Å². The Kier molecular flexibility index (Phi) is 5.05. The zero-order valence-electron chi connectivity index (χ0n) is 13.9. The van der Waals surface area contributed by atoms with Crippen LogP contribution in [0.4, 0.5) is 4.79 Å². The van der Waals surface area contributed by atoms with Crippen molar-refractivity contribution in [2.24, 2.45) is 5.73 Å². The zero-order chi connectivity index (χ0) is 18.7. The number of carbonyl (C=O) groups is 4. The number of cyclic esters (lactones) is 1. The number of hydrogen-bond donors (Lipinski definition) is 4. The van der Waals surface area contributed by atoms with Crippen LogP contribution in [0, 0.1) is 0 Å². The summed E-state index contributed by atoms with van der Waals surface area (Å²) in [6.45, 7) is 0.286. The maximum Gasteiger partial charge on any atom is 0.407 e. The van der Waals surface area contributed by atoms with E-state index in [1.54, 1.807) is 6.20 Å². The first-order chi connectivity index (χ1) is 12.5. The molecule has 0 aromatic carbocycles. The molecule has 2 saturated heterocycles. The smallest absolute Gasteiger partial charge is 0.407 e. The van der Waals surface area contributed by atoms with Gasteiger partial charge in [0.2, 0.25) is 17.7 Å². The predicted molar refractivity (Wildman–Crippen MR) is 86.4 cm³/mol. The highest BCUT2D eigenvalue weighted by Crippen LogP contribution is 2.19. The van der Waals surface area contributed by atoms with Crippen molar-refractivity contribution in [3.8, 4) is 0 Å². The Labute approximate surface area is 148 Å². The molecule has 0 radical (unpaired) electrons. The fourth-order valence-electron chi connectivity index (χ4n) is 3.14. The predicted octanol–water partition coefficient (Wildman–Crippen LogP) is -1.98. The molecule has 4 amide bonds. The first-order valence-electron chi connectivity index (χ1n) is 8.26. The van der Waals surface area contributed by atoms with Gasteiger partial charge in [-0.1, -0.05) is 0 Å². The Morgan fingerprint density at radius 3 is 2.88 bits per heavy atom. The lowest BCUT2D eigenvalue weighted by molar-refractivity contribution is -0.140. The molecule has 1 aromatic heterocycles. The number of amides is 4. The summed E-state index contributed by atoms with van der Waals surface area (Å²) >= 11 is 0. The van der Waals surface area contributed by atoms with Crippen LogP contribution in [0.5, 0.6) is 0 Å². The number of aromatic amines is 1. The second-order valence-corrected chi connectivity index (χ2v) is 6.23. The molecular formula is C15H20N6O5. The second kappa shape index (κ2) is 7.42. The quantitative estimate of drug-likeness (QED) is 0.458. The molecule has 0 spiro atoms. The van der Waals surface area contributed by atoms with Crippen molar-refractivity contribution in [2.75, 3.05) is 13.2 Å². The number of primary amides is 1. The first kappa shape index (κ1) is 17.7. The fraction of sp³-hybridized carbons (Fsp3) is 0.533. The van der Waals surface area contributed by atoms with Crippen LogP contribution in [0.2, 0.25) is 0 Å². The highest BCUT2D eigenvalue weighted by molar-refractivity contribution is 5.94. The zero-order valence-corrected chi connectivity index (χ0v) is 13.9. The summed E-state index contributed by atoms with van der Waals surface area (Å²) in [6, 6.07) is -2.48. The molecule has 5 N–H and O–H groups in total. The van der Waals surface area contributed by atoms with Gasteiger partial charge in [0.25, 0.3) is 0 Å². The van der Waals surface area contributed by atoms with Crippen LogP contribution in [-0.4, -0.2) is 70.0 Å². The van der Waals surface area contributed by atoms with Crippen LogP contribution in [0.25, 0.3) is 0 Å². The third-order valence-electron chi connectivity index (χ3n) is 4.45. The minimum atomic E-state index is -0.930. The van der Waals surface area contributed by atoms with Crippen molar-refractivity contribution in [1.82, 2.24) is 25.5 Å². The van der Waals surface area contributed by atoms with E-state index < -0.39 is 41.9 Å². The number of H-pyrrole nitrogens is 1. The lowest BCUT2D eigenvalue weighted by atomic mass is 10.1. The second-order valence-electron chi connectivity index (χ2n) is 6.23. The van der Waals surface area contributed by atoms with Gasteiger partial charge in [-0.25, -0.2) is 9.78 Å². The fourth-order valence-corrected chi connectivity index (χ4v) is 3.14. The number of hydrogen-bond acceptors (Lipinski definition) is 6. The van der Waals surface area contributed by atoms with Gasteiger partial charge >= 0.3 is 6.09 Å². The van der Waals surface area contributed by atoms with Gasteiger partial charge in [0, 0.05) is 24.9 Å². The molecule has 0 saturated carbocycles. The number of nitrogens with one attached hydrogen (secondary N) is 3. The molecule has 11 nitrogen and oxygen atoms in total. The Morgan fingerprint density at radius 2 is 2.27 bits per heavy atom. The van der Waals surface area contributed by atoms with Crippen LogP contribution < -0.4 is 16.4 Å². The van der Waals surface area contributed by atoms with Gasteiger partial charge in [0.15, 0.2) is 0 Å². The monoisotopic (exact) mass is 364 g/mol. The number of aromatic nitrogens is 2. The van der Waals surface area contributed by atoms with Crippen molar-refractivity contribution in [3.05, 3.63) is 18.2 Å². The van der Waals surface area contributed by atoms with Crippen LogP contribution in [-0.2, 0) is 25.5 Å². The number of imidazole rings is 1. The van der Waals surface area contributed by atoms with E-state index in [4.69, 9.17) is 10.5 Å². The standard InChI is InChI=1S/C15H20N6O5/c16-12(22)11-2-1-3-21(11)14(24)9(4-8-5-17-7-18-8)19-13(23)10-6-26-15(25)20-10/h5,7,9-11H,1-4,6H2,(H2,16,22)(H,17,18)(H,19,23)(H,20,25)/t9-,10?,11-/m0/s1. The Hall–Kier alpha value is -3.11. The third kappa shape index (κ3) is 3.76. The summed E-state index contributed by atoms with van der Waals surface area (Å²) < 4.78 is 4.70. The number of nitrogens with two attached hydrogens (primary N) is 1. The topological polar surface area (TPSA) is 160 Å². The molecule has 2 aliphatic heterocycles. The molecule has 3 heterocycles. The summed E-state index contributed by atoms with van der Waals surface area (Å²) in [5.41, 5.74) is 6.02. The Bertz CT molecular complexity index is 705. The van der Waals surface area contributed by atoms with Crippen LogP contribution in [0.3, 0.4) is 0 Å². The van der Waals surface area contributed by atoms with Crippen molar-refractivity contribution in [1.29, 1.82) is 0 Å². The normalized spacial score (nSPS) is 23.2. The average molecular weight is 364 g/mol. The molecule has 140 valence electrons. The Morgan fingerprint density at radius 1 is 1.46 bits per heavy atom. The van der Waals surface area contributed by atoms with E-state index in [0.717, 1.165) is 0 Å². The van der Waals surface area contributed by atoms with Crippen LogP contribution in [0.1, 0.15) is 18.5 Å². The number of likely N-dealkylation sites (tertiary alicyclic amines) is 1. The summed E-state index contributed by atoms with van der Waals surface area (Å²) in [4.78, 5) is 56.2. The lowest BCUT2D eigenvalue weighted by Gasteiger charge is -2.28. The molecule has 0 bridgehead atoms. The van der Waals surface area contributed by atoms with Crippen LogP contribution in [0.15, 0.2) is 12.5 Å². The van der Waals surface area contributed by atoms with Gasteiger partial charge in [0.1, 0.15) is 24.7 Å². The average Bonchev–Trinajstić information content (AvgIpc) is 3.34. The largest absolute Gasteiger partial charge is 0.447 e. The summed E-state index contributed by atoms with van der Waals surface area (Å²) in [6.07, 6.45) is 3.65. The molecule has 3 atom stereocenters. The number of nitrogens with zero attached hydrogens (tertiary/aromatic N) is 2. The molecule has 2 aliphatic rings. The maximum atomic E-state index is 13.0. The molecular weight excluding hydrogens is 344 g/mol. The van der Waals surface area contributed by atoms with E-state index in [-0.39, 0.29) is 13.0 Å². The van der Waals surface area contributed by atoms with Gasteiger partial charge in [-0.2, -0.15) is 0 Å². The van der Waals surface area contributed by atoms with Crippen molar-refractivity contribution < 1.29 is 23.9 Å². The highest BCUT2D eigenvalue weighted by Gasteiger charge is 2.38. The third-order valence-corrected chi connectivity index (χ3v) is 4.45. The number of alkyl carbamates (subject to hydrolysis) is 1. The lowest BCUT2D eigenvalue weighted by Crippen LogP contribution is -2.56. The van der Waals surface area contributed by atoms with E-state index in [2.05, 4.69) is 20.6 Å². The molecule has 26 heavy (non-hydrogen) atoms.